The molecule has 7 nitrogen and oxygen atoms in total. The Morgan fingerprint density at radius 3 is 2.64 bits per heavy atom. The zero-order chi connectivity index (χ0) is 18.0. The summed E-state index contributed by atoms with van der Waals surface area (Å²) in [5.41, 5.74) is 6.72. The van der Waals surface area contributed by atoms with Crippen LogP contribution in [0.25, 0.3) is 0 Å². The van der Waals surface area contributed by atoms with Crippen molar-refractivity contribution in [3.05, 3.63) is 63.7 Å². The number of carbonyl (C=O) groups excluding carboxylic acids is 1. The maximum Gasteiger partial charge on any atom is 0.292 e. The van der Waals surface area contributed by atoms with E-state index in [1.165, 1.54) is 18.2 Å². The van der Waals surface area contributed by atoms with Gasteiger partial charge >= 0.3 is 0 Å². The van der Waals surface area contributed by atoms with Gasteiger partial charge in [-0.05, 0) is 42.7 Å². The van der Waals surface area contributed by atoms with Crippen LogP contribution in [-0.2, 0) is 0 Å². The number of methoxy groups -OCH3 is 1. The van der Waals surface area contributed by atoms with Gasteiger partial charge in [-0.1, -0.05) is 12.1 Å². The lowest BCUT2D eigenvalue weighted by atomic mass is 10.0. The van der Waals surface area contributed by atoms with Crippen molar-refractivity contribution >= 4 is 17.3 Å². The van der Waals surface area contributed by atoms with Gasteiger partial charge in [0.2, 0.25) is 0 Å². The Morgan fingerprint density at radius 2 is 2.00 bits per heavy atom. The average molecular weight is 341 g/mol. The van der Waals surface area contributed by atoms with Gasteiger partial charge in [-0.2, -0.15) is 0 Å². The molecule has 1 aliphatic heterocycles. The lowest BCUT2D eigenvalue weighted by molar-refractivity contribution is -0.383. The maximum atomic E-state index is 12.9. The number of anilines is 1. The smallest absolute Gasteiger partial charge is 0.292 e. The van der Waals surface area contributed by atoms with E-state index in [1.807, 2.05) is 24.3 Å². The molecule has 0 saturated carbocycles. The van der Waals surface area contributed by atoms with Crippen molar-refractivity contribution in [3.63, 3.8) is 0 Å². The first kappa shape index (κ1) is 16.8. The zero-order valence-electron chi connectivity index (χ0n) is 13.8. The second-order valence-electron chi connectivity index (χ2n) is 5.96. The summed E-state index contributed by atoms with van der Waals surface area (Å²) in [7, 11) is 1.61. The topological polar surface area (TPSA) is 98.7 Å². The van der Waals surface area contributed by atoms with Crippen LogP contribution in [0.3, 0.4) is 0 Å². The highest BCUT2D eigenvalue weighted by Crippen LogP contribution is 2.34. The van der Waals surface area contributed by atoms with Crippen LogP contribution in [0.4, 0.5) is 11.4 Å². The molecular weight excluding hydrogens is 322 g/mol. The molecule has 1 saturated heterocycles. The Kier molecular flexibility index (Phi) is 4.56. The van der Waals surface area contributed by atoms with Gasteiger partial charge in [0.15, 0.2) is 0 Å². The van der Waals surface area contributed by atoms with Gasteiger partial charge in [-0.25, -0.2) is 0 Å². The predicted octanol–water partition coefficient (Wildman–Crippen LogP) is 3.16. The number of nitrogen functional groups attached to an aromatic ring is 1. The number of nitro groups is 1. The Labute approximate surface area is 145 Å². The third-order valence-electron chi connectivity index (χ3n) is 4.49. The van der Waals surface area contributed by atoms with E-state index in [-0.39, 0.29) is 28.9 Å². The van der Waals surface area contributed by atoms with Gasteiger partial charge in [0.25, 0.3) is 11.6 Å². The fourth-order valence-corrected chi connectivity index (χ4v) is 3.18. The number of nitro benzene ring substituents is 1. The first-order valence-electron chi connectivity index (χ1n) is 8.00. The molecule has 2 N–H and O–H groups in total. The standard InChI is InChI=1S/C18H19N3O4/c1-25-14-7-4-12(5-8-14)16-3-2-10-20(16)18(22)13-6-9-15(19)17(11-13)21(23)24/h4-9,11,16H,2-3,10,19H2,1H3. The van der Waals surface area contributed by atoms with E-state index < -0.39 is 4.92 Å². The van der Waals surface area contributed by atoms with E-state index >= 15 is 0 Å². The summed E-state index contributed by atoms with van der Waals surface area (Å²) in [6.45, 7) is 0.619. The maximum absolute atomic E-state index is 12.9. The van der Waals surface area contributed by atoms with Gasteiger partial charge in [-0.3, -0.25) is 14.9 Å². The molecule has 1 atom stereocenters. The number of nitrogens with zero attached hydrogens (tertiary/aromatic N) is 2. The van der Waals surface area contributed by atoms with Crippen LogP contribution in [0.1, 0.15) is 34.8 Å². The fourth-order valence-electron chi connectivity index (χ4n) is 3.18. The largest absolute Gasteiger partial charge is 0.497 e. The lowest BCUT2D eigenvalue weighted by Crippen LogP contribution is -2.30. The van der Waals surface area contributed by atoms with Crippen molar-refractivity contribution in [1.29, 1.82) is 0 Å². The van der Waals surface area contributed by atoms with Gasteiger partial charge in [0, 0.05) is 18.2 Å². The Morgan fingerprint density at radius 1 is 1.28 bits per heavy atom. The number of benzene rings is 2. The quantitative estimate of drug-likeness (QED) is 0.523. The van der Waals surface area contributed by atoms with Crippen LogP contribution < -0.4 is 10.5 Å². The number of nitrogens with two attached hydrogens (primary N) is 1. The molecule has 25 heavy (non-hydrogen) atoms. The molecule has 1 unspecified atom stereocenters. The van der Waals surface area contributed by atoms with Crippen LogP contribution >= 0.6 is 0 Å². The van der Waals surface area contributed by atoms with Crippen molar-refractivity contribution in [2.45, 2.75) is 18.9 Å². The zero-order valence-corrected chi connectivity index (χ0v) is 13.8. The summed E-state index contributed by atoms with van der Waals surface area (Å²) in [5, 5.41) is 11.1. The number of likely N-dealkylation sites (tertiary alicyclic amines) is 1. The van der Waals surface area contributed by atoms with Gasteiger partial charge in [-0.15, -0.1) is 0 Å². The summed E-state index contributed by atoms with van der Waals surface area (Å²) in [5.74, 6) is 0.537. The van der Waals surface area contributed by atoms with Gasteiger partial charge in [0.05, 0.1) is 18.1 Å². The third-order valence-corrected chi connectivity index (χ3v) is 4.49. The van der Waals surface area contributed by atoms with E-state index in [0.29, 0.717) is 6.54 Å². The second kappa shape index (κ2) is 6.80. The molecule has 1 amide bonds. The highest BCUT2D eigenvalue weighted by molar-refractivity contribution is 5.96. The first-order valence-corrected chi connectivity index (χ1v) is 8.00. The van der Waals surface area contributed by atoms with Crippen molar-refractivity contribution in [3.8, 4) is 5.75 Å². The Bertz CT molecular complexity index is 804. The number of rotatable bonds is 4. The van der Waals surface area contributed by atoms with E-state index in [2.05, 4.69) is 0 Å². The minimum Gasteiger partial charge on any atom is -0.497 e. The van der Waals surface area contributed by atoms with Crippen molar-refractivity contribution in [1.82, 2.24) is 4.90 Å². The Balaban J connectivity index is 1.87. The van der Waals surface area contributed by atoms with Gasteiger partial charge < -0.3 is 15.4 Å². The van der Waals surface area contributed by atoms with E-state index in [4.69, 9.17) is 10.5 Å². The van der Waals surface area contributed by atoms with Crippen molar-refractivity contribution in [2.24, 2.45) is 0 Å². The number of hydrogen-bond donors (Lipinski definition) is 1. The molecule has 1 heterocycles. The molecule has 2 aromatic carbocycles. The molecule has 1 fully saturated rings. The van der Waals surface area contributed by atoms with Crippen LogP contribution in [0, 0.1) is 10.1 Å². The van der Waals surface area contributed by atoms with E-state index in [9.17, 15) is 14.9 Å². The molecule has 0 radical (unpaired) electrons. The summed E-state index contributed by atoms with van der Waals surface area (Å²) < 4.78 is 5.17. The number of ether oxygens (including phenoxy) is 1. The van der Waals surface area contributed by atoms with Crippen LogP contribution in [0.2, 0.25) is 0 Å². The lowest BCUT2D eigenvalue weighted by Gasteiger charge is -2.25. The highest BCUT2D eigenvalue weighted by atomic mass is 16.6. The first-order chi connectivity index (χ1) is 12.0. The van der Waals surface area contributed by atoms with Crippen LogP contribution in [-0.4, -0.2) is 29.4 Å². The molecule has 2 aromatic rings. The van der Waals surface area contributed by atoms with Crippen LogP contribution in [0.5, 0.6) is 5.75 Å². The number of carbonyl (C=O) groups is 1. The average Bonchev–Trinajstić information content (AvgIpc) is 3.11. The van der Waals surface area contributed by atoms with Crippen molar-refractivity contribution < 1.29 is 14.5 Å². The molecule has 0 aromatic heterocycles. The Hall–Kier alpha value is -3.09. The molecule has 0 bridgehead atoms. The number of hydrogen-bond acceptors (Lipinski definition) is 5. The summed E-state index contributed by atoms with van der Waals surface area (Å²) in [4.78, 5) is 25.1. The highest BCUT2D eigenvalue weighted by Gasteiger charge is 2.31. The SMILES string of the molecule is COc1ccc(C2CCCN2C(=O)c2ccc(N)c([N+](=O)[O-])c2)cc1. The second-order valence-corrected chi connectivity index (χ2v) is 5.96. The van der Waals surface area contributed by atoms with Crippen molar-refractivity contribution in [2.75, 3.05) is 19.4 Å². The molecule has 130 valence electrons. The van der Waals surface area contributed by atoms with E-state index in [0.717, 1.165) is 24.2 Å². The summed E-state index contributed by atoms with van der Waals surface area (Å²) in [6, 6.07) is 11.8. The normalized spacial score (nSPS) is 16.7. The summed E-state index contributed by atoms with van der Waals surface area (Å²) in [6.07, 6.45) is 1.74. The minimum atomic E-state index is -0.572. The van der Waals surface area contributed by atoms with Crippen LogP contribution in [0.15, 0.2) is 42.5 Å². The molecule has 0 spiro atoms. The molecule has 0 aliphatic carbocycles. The molecule has 3 rings (SSSR count). The monoisotopic (exact) mass is 341 g/mol. The molecule has 1 aliphatic rings. The van der Waals surface area contributed by atoms with Gasteiger partial charge in [0.1, 0.15) is 11.4 Å². The third kappa shape index (κ3) is 3.26. The summed E-state index contributed by atoms with van der Waals surface area (Å²) >= 11 is 0. The molecular formula is C18H19N3O4. The predicted molar refractivity (Wildman–Crippen MR) is 93.5 cm³/mol. The fraction of sp³-hybridized carbons (Fsp3) is 0.278. The van der Waals surface area contributed by atoms with E-state index in [1.54, 1.807) is 12.0 Å². The minimum absolute atomic E-state index is 0.0463. The molecule has 7 heteroatoms. The number of amides is 1.